The van der Waals surface area contributed by atoms with Crippen molar-refractivity contribution in [1.29, 1.82) is 5.26 Å². The Kier molecular flexibility index (Phi) is 4.30. The molecule has 0 aliphatic carbocycles. The van der Waals surface area contributed by atoms with Crippen LogP contribution in [0.5, 0.6) is 11.5 Å². The molecule has 100 valence electrons. The third-order valence-electron chi connectivity index (χ3n) is 2.68. The molecule has 5 nitrogen and oxygen atoms in total. The topological polar surface area (TPSA) is 72.2 Å². The molecule has 0 radical (unpaired) electrons. The van der Waals surface area contributed by atoms with Gasteiger partial charge in [0, 0.05) is 6.20 Å². The minimum absolute atomic E-state index is 0.254. The Hall–Kier alpha value is -2.87. The average molecular weight is 268 g/mol. The summed E-state index contributed by atoms with van der Waals surface area (Å²) >= 11 is 0. The van der Waals surface area contributed by atoms with E-state index < -0.39 is 0 Å². The largest absolute Gasteiger partial charge is 0.497 e. The number of hydrogen-bond acceptors (Lipinski definition) is 5. The van der Waals surface area contributed by atoms with E-state index in [-0.39, 0.29) is 6.61 Å². The zero-order valence-corrected chi connectivity index (χ0v) is 10.9. The smallest absolute Gasteiger partial charge is 0.153 e. The molecule has 1 aromatic heterocycles. The van der Waals surface area contributed by atoms with E-state index in [9.17, 15) is 4.79 Å². The van der Waals surface area contributed by atoms with Crippen LogP contribution in [0.15, 0.2) is 36.5 Å². The van der Waals surface area contributed by atoms with Crippen LogP contribution < -0.4 is 9.47 Å². The number of ether oxygens (including phenoxy) is 2. The van der Waals surface area contributed by atoms with Crippen molar-refractivity contribution < 1.29 is 14.3 Å². The molecule has 1 heterocycles. The fourth-order valence-corrected chi connectivity index (χ4v) is 1.66. The average Bonchev–Trinajstić information content (AvgIpc) is 2.52. The van der Waals surface area contributed by atoms with Crippen LogP contribution in [0.4, 0.5) is 0 Å². The van der Waals surface area contributed by atoms with Gasteiger partial charge < -0.3 is 9.47 Å². The maximum Gasteiger partial charge on any atom is 0.153 e. The van der Waals surface area contributed by atoms with Crippen molar-refractivity contribution in [1.82, 2.24) is 4.98 Å². The van der Waals surface area contributed by atoms with Crippen LogP contribution in [0.2, 0.25) is 0 Å². The first-order chi connectivity index (χ1) is 9.76. The summed E-state index contributed by atoms with van der Waals surface area (Å²) in [5.74, 6) is 1.06. The zero-order valence-electron chi connectivity index (χ0n) is 10.9. The van der Waals surface area contributed by atoms with E-state index >= 15 is 0 Å². The van der Waals surface area contributed by atoms with Gasteiger partial charge in [-0.2, -0.15) is 5.26 Å². The molecule has 0 amide bonds. The molecule has 2 aromatic rings. The summed E-state index contributed by atoms with van der Waals surface area (Å²) in [7, 11) is 1.53. The molecule has 0 N–H and O–H groups in total. The fraction of sp³-hybridized carbons (Fsp3) is 0.133. The number of benzene rings is 1. The zero-order chi connectivity index (χ0) is 14.4. The van der Waals surface area contributed by atoms with Gasteiger partial charge in [-0.3, -0.25) is 4.79 Å². The lowest BCUT2D eigenvalue weighted by Crippen LogP contribution is -1.99. The highest BCUT2D eigenvalue weighted by molar-refractivity contribution is 5.80. The van der Waals surface area contributed by atoms with Crippen LogP contribution in [0.25, 0.3) is 0 Å². The Balaban J connectivity index is 2.14. The molecule has 0 spiro atoms. The number of carbonyl (C=O) groups excluding carboxylic acids is 1. The van der Waals surface area contributed by atoms with Crippen LogP contribution in [0.3, 0.4) is 0 Å². The molecule has 20 heavy (non-hydrogen) atoms. The molecule has 5 heteroatoms. The quantitative estimate of drug-likeness (QED) is 0.778. The lowest BCUT2D eigenvalue weighted by atomic mass is 10.2. The predicted octanol–water partition coefficient (Wildman–Crippen LogP) is 2.35. The number of methoxy groups -OCH3 is 1. The van der Waals surface area contributed by atoms with Gasteiger partial charge in [-0.05, 0) is 35.9 Å². The molecule has 2 rings (SSSR count). The van der Waals surface area contributed by atoms with Crippen molar-refractivity contribution in [2.24, 2.45) is 0 Å². The Labute approximate surface area is 116 Å². The van der Waals surface area contributed by atoms with Crippen LogP contribution >= 0.6 is 0 Å². The Morgan fingerprint density at radius 3 is 2.90 bits per heavy atom. The molecule has 1 aromatic carbocycles. The molecular weight excluding hydrogens is 256 g/mol. The van der Waals surface area contributed by atoms with Crippen LogP contribution in [-0.2, 0) is 6.61 Å². The first kappa shape index (κ1) is 13.6. The monoisotopic (exact) mass is 268 g/mol. The first-order valence-electron chi connectivity index (χ1n) is 5.88. The molecule has 0 atom stereocenters. The molecule has 0 bridgehead atoms. The van der Waals surface area contributed by atoms with E-state index in [1.807, 2.05) is 6.07 Å². The minimum Gasteiger partial charge on any atom is -0.497 e. The summed E-state index contributed by atoms with van der Waals surface area (Å²) < 4.78 is 10.6. The second kappa shape index (κ2) is 6.34. The van der Waals surface area contributed by atoms with Gasteiger partial charge in [0.25, 0.3) is 0 Å². The summed E-state index contributed by atoms with van der Waals surface area (Å²) in [4.78, 5) is 14.9. The Bertz CT molecular complexity index is 662. The summed E-state index contributed by atoms with van der Waals surface area (Å²) in [6, 6.07) is 10.4. The molecule has 0 saturated carbocycles. The Morgan fingerprint density at radius 2 is 2.20 bits per heavy atom. The van der Waals surface area contributed by atoms with Crippen LogP contribution in [-0.4, -0.2) is 18.4 Å². The SMILES string of the molecule is COc1ccc(OCc2ccnc(C#N)c2)c(C=O)c1. The number of hydrogen-bond donors (Lipinski definition) is 0. The third kappa shape index (κ3) is 3.12. The second-order valence-electron chi connectivity index (χ2n) is 3.97. The van der Waals surface area contributed by atoms with E-state index in [4.69, 9.17) is 14.7 Å². The molecule has 0 unspecified atom stereocenters. The van der Waals surface area contributed by atoms with Gasteiger partial charge in [0.15, 0.2) is 6.29 Å². The van der Waals surface area contributed by atoms with Gasteiger partial charge in [-0.15, -0.1) is 0 Å². The lowest BCUT2D eigenvalue weighted by molar-refractivity contribution is 0.111. The molecule has 0 fully saturated rings. The summed E-state index contributed by atoms with van der Waals surface area (Å²) in [6.07, 6.45) is 2.26. The molecule has 0 saturated heterocycles. The number of aldehydes is 1. The number of rotatable bonds is 5. The van der Waals surface area contributed by atoms with Crippen molar-refractivity contribution in [3.05, 3.63) is 53.3 Å². The highest BCUT2D eigenvalue weighted by atomic mass is 16.5. The molecule has 0 aliphatic heterocycles. The van der Waals surface area contributed by atoms with Crippen molar-refractivity contribution >= 4 is 6.29 Å². The van der Waals surface area contributed by atoms with Crippen LogP contribution in [0.1, 0.15) is 21.6 Å². The number of pyridine rings is 1. The maximum atomic E-state index is 11.0. The minimum atomic E-state index is 0.254. The van der Waals surface area contributed by atoms with Gasteiger partial charge in [-0.1, -0.05) is 0 Å². The standard InChI is InChI=1S/C15H12N2O3/c1-19-14-2-3-15(12(7-14)9-18)20-10-11-4-5-17-13(6-11)8-16/h2-7,9H,10H2,1H3. The number of aromatic nitrogens is 1. The second-order valence-corrected chi connectivity index (χ2v) is 3.97. The van der Waals surface area contributed by atoms with Crippen molar-refractivity contribution in [3.63, 3.8) is 0 Å². The summed E-state index contributed by atoms with van der Waals surface area (Å²) in [5, 5.41) is 8.77. The Morgan fingerprint density at radius 1 is 1.35 bits per heavy atom. The highest BCUT2D eigenvalue weighted by Crippen LogP contribution is 2.23. The van der Waals surface area contributed by atoms with Gasteiger partial charge in [0.1, 0.15) is 29.9 Å². The van der Waals surface area contributed by atoms with Crippen LogP contribution in [0, 0.1) is 11.3 Å². The van der Waals surface area contributed by atoms with Crippen molar-refractivity contribution in [2.75, 3.05) is 7.11 Å². The van der Waals surface area contributed by atoms with Crippen molar-refractivity contribution in [2.45, 2.75) is 6.61 Å². The van der Waals surface area contributed by atoms with Gasteiger partial charge >= 0.3 is 0 Å². The summed E-state index contributed by atoms with van der Waals surface area (Å²) in [6.45, 7) is 0.254. The molecule has 0 aliphatic rings. The van der Waals surface area contributed by atoms with Crippen molar-refractivity contribution in [3.8, 4) is 17.6 Å². The number of carbonyl (C=O) groups is 1. The predicted molar refractivity (Wildman–Crippen MR) is 71.7 cm³/mol. The van der Waals surface area contributed by atoms with E-state index in [1.54, 1.807) is 36.5 Å². The van der Waals surface area contributed by atoms with Gasteiger partial charge in [0.2, 0.25) is 0 Å². The number of nitriles is 1. The van der Waals surface area contributed by atoms with E-state index in [0.717, 1.165) is 5.56 Å². The highest BCUT2D eigenvalue weighted by Gasteiger charge is 2.06. The van der Waals surface area contributed by atoms with Gasteiger partial charge in [0.05, 0.1) is 12.7 Å². The first-order valence-corrected chi connectivity index (χ1v) is 5.88. The third-order valence-corrected chi connectivity index (χ3v) is 2.68. The lowest BCUT2D eigenvalue weighted by Gasteiger charge is -2.09. The van der Waals surface area contributed by atoms with Gasteiger partial charge in [-0.25, -0.2) is 4.98 Å². The summed E-state index contributed by atoms with van der Waals surface area (Å²) in [5.41, 5.74) is 1.56. The fourth-order valence-electron chi connectivity index (χ4n) is 1.66. The van der Waals surface area contributed by atoms with E-state index in [1.165, 1.54) is 7.11 Å². The number of nitrogens with zero attached hydrogens (tertiary/aromatic N) is 2. The van der Waals surface area contributed by atoms with E-state index in [0.29, 0.717) is 29.0 Å². The maximum absolute atomic E-state index is 11.0. The van der Waals surface area contributed by atoms with E-state index in [2.05, 4.69) is 4.98 Å². The molecular formula is C15H12N2O3. The normalized spacial score (nSPS) is 9.60.